The Bertz CT molecular complexity index is 739. The van der Waals surface area contributed by atoms with Gasteiger partial charge in [0.25, 0.3) is 5.69 Å². The molecule has 2 rings (SSSR count). The number of benzene rings is 1. The number of hydrogen-bond acceptors (Lipinski definition) is 5. The number of nitrogens with zero attached hydrogens (tertiary/aromatic N) is 2. The molecule has 0 atom stereocenters. The van der Waals surface area contributed by atoms with Crippen molar-refractivity contribution >= 4 is 34.2 Å². The van der Waals surface area contributed by atoms with Gasteiger partial charge >= 0.3 is 5.97 Å². The van der Waals surface area contributed by atoms with Crippen molar-refractivity contribution < 1.29 is 14.8 Å². The van der Waals surface area contributed by atoms with Crippen LogP contribution < -0.4 is 5.43 Å². The highest BCUT2D eigenvalue weighted by Gasteiger charge is 2.20. The monoisotopic (exact) mass is 269 g/mol. The van der Waals surface area contributed by atoms with Crippen LogP contribution in [0, 0.1) is 10.1 Å². The van der Waals surface area contributed by atoms with Gasteiger partial charge in [-0.25, -0.2) is 4.79 Å². The van der Waals surface area contributed by atoms with Crippen LogP contribution in [0.4, 0.5) is 5.69 Å². The number of aromatic carboxylic acids is 1. The van der Waals surface area contributed by atoms with Crippen LogP contribution in [-0.4, -0.2) is 26.2 Å². The molecule has 0 aliphatic carbocycles. The highest BCUT2D eigenvalue weighted by Crippen LogP contribution is 2.25. The SMILES string of the molecule is O=C(O)c1n[nH]c2c([N+](=O)[O-])cc(Cl)cc2c1=O. The van der Waals surface area contributed by atoms with Crippen molar-refractivity contribution in [2.75, 3.05) is 0 Å². The van der Waals surface area contributed by atoms with Crippen LogP contribution in [0.3, 0.4) is 0 Å². The van der Waals surface area contributed by atoms with Gasteiger partial charge in [-0.15, -0.1) is 0 Å². The summed E-state index contributed by atoms with van der Waals surface area (Å²) >= 11 is 5.65. The van der Waals surface area contributed by atoms with Crippen LogP contribution in [0.15, 0.2) is 16.9 Å². The summed E-state index contributed by atoms with van der Waals surface area (Å²) in [6.45, 7) is 0. The highest BCUT2D eigenvalue weighted by atomic mass is 35.5. The molecule has 0 aliphatic heterocycles. The number of hydrogen-bond donors (Lipinski definition) is 2. The molecule has 1 heterocycles. The van der Waals surface area contributed by atoms with Crippen molar-refractivity contribution in [1.82, 2.24) is 10.2 Å². The van der Waals surface area contributed by atoms with E-state index in [0.29, 0.717) is 0 Å². The lowest BCUT2D eigenvalue weighted by Crippen LogP contribution is -2.18. The first-order valence-electron chi connectivity index (χ1n) is 4.51. The van der Waals surface area contributed by atoms with Crippen molar-refractivity contribution in [2.45, 2.75) is 0 Å². The predicted molar refractivity (Wildman–Crippen MR) is 61.0 cm³/mol. The van der Waals surface area contributed by atoms with Gasteiger partial charge in [0, 0.05) is 11.1 Å². The Balaban J connectivity index is 2.96. The van der Waals surface area contributed by atoms with Crippen molar-refractivity contribution in [2.24, 2.45) is 0 Å². The Morgan fingerprint density at radius 3 is 2.72 bits per heavy atom. The first kappa shape index (κ1) is 12.0. The second-order valence-electron chi connectivity index (χ2n) is 3.31. The Morgan fingerprint density at radius 2 is 2.17 bits per heavy atom. The fourth-order valence-electron chi connectivity index (χ4n) is 1.47. The number of fused-ring (bicyclic) bond motifs is 1. The zero-order valence-electron chi connectivity index (χ0n) is 8.51. The quantitative estimate of drug-likeness (QED) is 0.622. The topological polar surface area (TPSA) is 126 Å². The lowest BCUT2D eigenvalue weighted by molar-refractivity contribution is -0.383. The van der Waals surface area contributed by atoms with Gasteiger partial charge in [0.2, 0.25) is 11.1 Å². The lowest BCUT2D eigenvalue weighted by atomic mass is 10.2. The Morgan fingerprint density at radius 1 is 1.50 bits per heavy atom. The van der Waals surface area contributed by atoms with Gasteiger partial charge in [-0.3, -0.25) is 20.0 Å². The summed E-state index contributed by atoms with van der Waals surface area (Å²) < 4.78 is 0. The largest absolute Gasteiger partial charge is 0.476 e. The molecule has 9 heteroatoms. The zero-order valence-corrected chi connectivity index (χ0v) is 9.26. The number of carbonyl (C=O) groups is 1. The van der Waals surface area contributed by atoms with Gasteiger partial charge in [0.1, 0.15) is 5.52 Å². The van der Waals surface area contributed by atoms with E-state index in [9.17, 15) is 19.7 Å². The summed E-state index contributed by atoms with van der Waals surface area (Å²) in [5.74, 6) is -1.53. The number of carboxylic acid groups (broad SMARTS) is 1. The van der Waals surface area contributed by atoms with Gasteiger partial charge in [0.05, 0.1) is 10.3 Å². The summed E-state index contributed by atoms with van der Waals surface area (Å²) in [6.07, 6.45) is 0. The third-order valence-corrected chi connectivity index (χ3v) is 2.44. The van der Waals surface area contributed by atoms with E-state index < -0.39 is 27.7 Å². The Hall–Kier alpha value is -2.48. The molecule has 1 aromatic carbocycles. The predicted octanol–water partition coefficient (Wildman–Crippen LogP) is 1.18. The van der Waals surface area contributed by atoms with E-state index in [1.54, 1.807) is 0 Å². The number of aromatic amines is 1. The molecule has 0 aliphatic rings. The lowest BCUT2D eigenvalue weighted by Gasteiger charge is -2.01. The molecule has 0 unspecified atom stereocenters. The summed E-state index contributed by atoms with van der Waals surface area (Å²) in [4.78, 5) is 32.5. The number of rotatable bonds is 2. The van der Waals surface area contributed by atoms with E-state index in [4.69, 9.17) is 16.7 Å². The van der Waals surface area contributed by atoms with Crippen molar-refractivity contribution in [3.8, 4) is 0 Å². The van der Waals surface area contributed by atoms with Gasteiger partial charge in [-0.1, -0.05) is 11.6 Å². The van der Waals surface area contributed by atoms with Crippen LogP contribution in [-0.2, 0) is 0 Å². The Kier molecular flexibility index (Phi) is 2.71. The molecule has 0 radical (unpaired) electrons. The molecular weight excluding hydrogens is 266 g/mol. The highest BCUT2D eigenvalue weighted by molar-refractivity contribution is 6.31. The molecule has 0 spiro atoms. The maximum atomic E-state index is 11.8. The van der Waals surface area contributed by atoms with Crippen molar-refractivity contribution in [3.63, 3.8) is 0 Å². The van der Waals surface area contributed by atoms with E-state index in [-0.39, 0.29) is 15.9 Å². The van der Waals surface area contributed by atoms with Crippen LogP contribution in [0.5, 0.6) is 0 Å². The zero-order chi connectivity index (χ0) is 13.4. The maximum absolute atomic E-state index is 11.8. The Labute approximate surface area is 103 Å². The minimum atomic E-state index is -1.53. The number of carboxylic acids is 1. The van der Waals surface area contributed by atoms with Gasteiger partial charge < -0.3 is 5.11 Å². The van der Waals surface area contributed by atoms with Gasteiger partial charge in [-0.2, -0.15) is 5.10 Å². The second kappa shape index (κ2) is 4.08. The molecule has 0 amide bonds. The molecule has 0 fully saturated rings. The van der Waals surface area contributed by atoms with Crippen LogP contribution in [0.25, 0.3) is 10.9 Å². The van der Waals surface area contributed by atoms with E-state index in [1.165, 1.54) is 0 Å². The third-order valence-electron chi connectivity index (χ3n) is 2.22. The number of H-pyrrole nitrogens is 1. The first-order valence-corrected chi connectivity index (χ1v) is 4.89. The number of halogens is 1. The second-order valence-corrected chi connectivity index (χ2v) is 3.75. The van der Waals surface area contributed by atoms with Gasteiger partial charge in [-0.05, 0) is 6.07 Å². The smallest absolute Gasteiger partial charge is 0.360 e. The van der Waals surface area contributed by atoms with Gasteiger partial charge in [0.15, 0.2) is 0 Å². The minimum Gasteiger partial charge on any atom is -0.476 e. The van der Waals surface area contributed by atoms with Crippen LogP contribution in [0.1, 0.15) is 10.5 Å². The molecule has 8 nitrogen and oxygen atoms in total. The van der Waals surface area contributed by atoms with Crippen LogP contribution >= 0.6 is 11.6 Å². The third kappa shape index (κ3) is 1.78. The normalized spacial score (nSPS) is 10.5. The molecule has 0 bridgehead atoms. The number of nitro groups is 1. The summed E-state index contributed by atoms with van der Waals surface area (Å²) in [5.41, 5.74) is -2.29. The number of nitro benzene ring substituents is 1. The summed E-state index contributed by atoms with van der Waals surface area (Å²) in [6, 6.07) is 2.19. The summed E-state index contributed by atoms with van der Waals surface area (Å²) in [7, 11) is 0. The first-order chi connectivity index (χ1) is 8.41. The maximum Gasteiger partial charge on any atom is 0.360 e. The molecular formula is C9H4ClN3O5. The molecule has 2 N–H and O–H groups in total. The molecule has 2 aromatic rings. The van der Waals surface area contributed by atoms with Crippen molar-refractivity contribution in [3.05, 3.63) is 43.2 Å². The summed E-state index contributed by atoms with van der Waals surface area (Å²) in [5, 5.41) is 24.8. The molecule has 18 heavy (non-hydrogen) atoms. The van der Waals surface area contributed by atoms with E-state index in [0.717, 1.165) is 12.1 Å². The number of nitrogens with one attached hydrogen (secondary N) is 1. The molecule has 0 saturated carbocycles. The van der Waals surface area contributed by atoms with Crippen LogP contribution in [0.2, 0.25) is 5.02 Å². The van der Waals surface area contributed by atoms with E-state index in [1.807, 2.05) is 0 Å². The fraction of sp³-hybridized carbons (Fsp3) is 0. The van der Waals surface area contributed by atoms with Crippen molar-refractivity contribution in [1.29, 1.82) is 0 Å². The average Bonchev–Trinajstić information content (AvgIpc) is 2.28. The minimum absolute atomic E-state index is 0.0396. The number of non-ortho nitro benzene ring substituents is 1. The molecule has 92 valence electrons. The average molecular weight is 270 g/mol. The standard InChI is InChI=1S/C9H4ClN3O5/c10-3-1-4-6(5(2-3)13(17)18)11-12-7(8(4)14)9(15)16/h1-2H,(H,11,14)(H,15,16). The molecule has 0 saturated heterocycles. The number of aromatic nitrogens is 2. The molecule has 1 aromatic heterocycles. The van der Waals surface area contributed by atoms with E-state index in [2.05, 4.69) is 10.2 Å². The fourth-order valence-corrected chi connectivity index (χ4v) is 1.68. The van der Waals surface area contributed by atoms with E-state index >= 15 is 0 Å².